The van der Waals surface area contributed by atoms with E-state index < -0.39 is 10.9 Å². The van der Waals surface area contributed by atoms with Gasteiger partial charge in [-0.15, -0.1) is 11.3 Å². The predicted octanol–water partition coefficient (Wildman–Crippen LogP) is 3.57. The third kappa shape index (κ3) is 3.18. The molecule has 7 nitrogen and oxygen atoms in total. The van der Waals surface area contributed by atoms with E-state index in [0.717, 1.165) is 16.3 Å². The number of para-hydroxylation sites is 1. The van der Waals surface area contributed by atoms with Gasteiger partial charge in [-0.2, -0.15) is 0 Å². The van der Waals surface area contributed by atoms with Crippen molar-refractivity contribution in [1.29, 1.82) is 0 Å². The molecule has 3 aromatic rings. The Kier molecular flexibility index (Phi) is 4.39. The molecule has 8 heteroatoms. The summed E-state index contributed by atoms with van der Waals surface area (Å²) in [4.78, 5) is 26.9. The van der Waals surface area contributed by atoms with Crippen LogP contribution in [0, 0.1) is 10.1 Å². The minimum Gasteiger partial charge on any atom is -0.490 e. The first-order chi connectivity index (χ1) is 11.6. The highest BCUT2D eigenvalue weighted by Crippen LogP contribution is 2.28. The van der Waals surface area contributed by atoms with Crippen LogP contribution in [0.15, 0.2) is 42.5 Å². The van der Waals surface area contributed by atoms with Crippen LogP contribution >= 0.6 is 11.3 Å². The Morgan fingerprint density at radius 1 is 1.29 bits per heavy atom. The largest absolute Gasteiger partial charge is 0.490 e. The number of nitro benzene ring substituents is 1. The molecule has 0 saturated heterocycles. The molecule has 122 valence electrons. The first kappa shape index (κ1) is 15.9. The van der Waals surface area contributed by atoms with Crippen molar-refractivity contribution in [2.24, 2.45) is 0 Å². The number of carbonyl (C=O) groups excluding carboxylic acids is 1. The average Bonchev–Trinajstić information content (AvgIpc) is 3.02. The van der Waals surface area contributed by atoms with Crippen molar-refractivity contribution in [3.63, 3.8) is 0 Å². The summed E-state index contributed by atoms with van der Waals surface area (Å²) in [5.41, 5.74) is 0.643. The van der Waals surface area contributed by atoms with Crippen LogP contribution in [0.3, 0.4) is 0 Å². The molecule has 0 unspecified atom stereocenters. The van der Waals surface area contributed by atoms with Gasteiger partial charge in [-0.05, 0) is 24.3 Å². The van der Waals surface area contributed by atoms with Crippen molar-refractivity contribution in [2.45, 2.75) is 6.61 Å². The summed E-state index contributed by atoms with van der Waals surface area (Å²) < 4.78 is 11.1. The number of hydrogen-bond acceptors (Lipinski definition) is 7. The second-order valence-corrected chi connectivity index (χ2v) is 5.91. The van der Waals surface area contributed by atoms with Gasteiger partial charge in [-0.25, -0.2) is 9.78 Å². The molecule has 0 aliphatic heterocycles. The number of benzene rings is 2. The topological polar surface area (TPSA) is 91.6 Å². The zero-order valence-electron chi connectivity index (χ0n) is 12.6. The molecule has 1 aromatic heterocycles. The average molecular weight is 344 g/mol. The molecule has 0 spiro atoms. The lowest BCUT2D eigenvalue weighted by molar-refractivity contribution is -0.385. The van der Waals surface area contributed by atoms with E-state index in [1.54, 1.807) is 0 Å². The van der Waals surface area contributed by atoms with E-state index in [0.29, 0.717) is 5.01 Å². The van der Waals surface area contributed by atoms with Crippen LogP contribution in [0.4, 0.5) is 5.69 Å². The fourth-order valence-corrected chi connectivity index (χ4v) is 3.03. The maximum atomic E-state index is 12.1. The molecule has 0 N–H and O–H groups in total. The Hall–Kier alpha value is -3.00. The van der Waals surface area contributed by atoms with E-state index in [1.165, 1.54) is 30.6 Å². The normalized spacial score (nSPS) is 10.5. The molecule has 2 aromatic carbocycles. The van der Waals surface area contributed by atoms with Gasteiger partial charge in [0.2, 0.25) is 0 Å². The van der Waals surface area contributed by atoms with Crippen molar-refractivity contribution in [3.05, 3.63) is 63.1 Å². The summed E-state index contributed by atoms with van der Waals surface area (Å²) in [6.45, 7) is 0.0119. The van der Waals surface area contributed by atoms with Crippen LogP contribution in [0.1, 0.15) is 15.4 Å². The number of esters is 1. The van der Waals surface area contributed by atoms with Crippen molar-refractivity contribution in [1.82, 2.24) is 4.98 Å². The maximum Gasteiger partial charge on any atom is 0.338 e. The quantitative estimate of drug-likeness (QED) is 0.399. The van der Waals surface area contributed by atoms with E-state index in [4.69, 9.17) is 9.47 Å². The zero-order valence-corrected chi connectivity index (χ0v) is 13.4. The van der Waals surface area contributed by atoms with E-state index in [9.17, 15) is 14.9 Å². The molecule has 0 fully saturated rings. The summed E-state index contributed by atoms with van der Waals surface area (Å²) in [5.74, 6) is -0.567. The Morgan fingerprint density at radius 3 is 2.79 bits per heavy atom. The van der Waals surface area contributed by atoms with Gasteiger partial charge >= 0.3 is 11.7 Å². The number of ether oxygens (including phenoxy) is 2. The SMILES string of the molecule is COc1ccc(C(=O)OCc2nc3ccccc3s2)cc1[N+](=O)[O-]. The van der Waals surface area contributed by atoms with Gasteiger partial charge in [-0.1, -0.05) is 12.1 Å². The van der Waals surface area contributed by atoms with Gasteiger partial charge in [0.1, 0.15) is 11.6 Å². The lowest BCUT2D eigenvalue weighted by Gasteiger charge is -2.05. The van der Waals surface area contributed by atoms with E-state index >= 15 is 0 Å². The highest BCUT2D eigenvalue weighted by molar-refractivity contribution is 7.18. The molecule has 0 aliphatic carbocycles. The van der Waals surface area contributed by atoms with Crippen molar-refractivity contribution < 1.29 is 19.2 Å². The molecule has 24 heavy (non-hydrogen) atoms. The number of fused-ring (bicyclic) bond motifs is 1. The minimum atomic E-state index is -0.653. The van der Waals surface area contributed by atoms with Crippen molar-refractivity contribution in [3.8, 4) is 5.75 Å². The Balaban J connectivity index is 1.75. The fourth-order valence-electron chi connectivity index (χ4n) is 2.15. The standard InChI is InChI=1S/C16H12N2O5S/c1-22-13-7-6-10(8-12(13)18(20)21)16(19)23-9-15-17-11-4-2-3-5-14(11)24-15/h2-8H,9H2,1H3. The number of rotatable bonds is 5. The molecule has 0 radical (unpaired) electrons. The predicted molar refractivity (Wildman–Crippen MR) is 88.4 cm³/mol. The van der Waals surface area contributed by atoms with Crippen LogP contribution in [0.5, 0.6) is 5.75 Å². The molecule has 0 amide bonds. The van der Waals surface area contributed by atoms with Crippen LogP contribution in [-0.4, -0.2) is 23.0 Å². The number of hydrogen-bond donors (Lipinski definition) is 0. The molecule has 0 saturated carbocycles. The molecule has 3 rings (SSSR count). The fraction of sp³-hybridized carbons (Fsp3) is 0.125. The second-order valence-electron chi connectivity index (χ2n) is 4.80. The Bertz CT molecular complexity index is 889. The first-order valence-electron chi connectivity index (χ1n) is 6.92. The van der Waals surface area contributed by atoms with E-state index in [-0.39, 0.29) is 23.6 Å². The summed E-state index contributed by atoms with van der Waals surface area (Å²) in [6, 6.07) is 11.5. The highest BCUT2D eigenvalue weighted by atomic mass is 32.1. The molecule has 0 bridgehead atoms. The van der Waals surface area contributed by atoms with Gasteiger partial charge in [0.05, 0.1) is 27.8 Å². The maximum absolute atomic E-state index is 12.1. The van der Waals surface area contributed by atoms with Crippen molar-refractivity contribution in [2.75, 3.05) is 7.11 Å². The number of carbonyl (C=O) groups is 1. The van der Waals surface area contributed by atoms with Gasteiger partial charge in [-0.3, -0.25) is 10.1 Å². The third-order valence-electron chi connectivity index (χ3n) is 3.28. The molecule has 1 heterocycles. The van der Waals surface area contributed by atoms with E-state index in [1.807, 2.05) is 24.3 Å². The highest BCUT2D eigenvalue weighted by Gasteiger charge is 2.19. The third-order valence-corrected chi connectivity index (χ3v) is 4.29. The number of nitro groups is 1. The monoisotopic (exact) mass is 344 g/mol. The van der Waals surface area contributed by atoms with Crippen LogP contribution in [0.2, 0.25) is 0 Å². The summed E-state index contributed by atoms with van der Waals surface area (Å²) in [6.07, 6.45) is 0. The lowest BCUT2D eigenvalue weighted by Crippen LogP contribution is -2.06. The van der Waals surface area contributed by atoms with Gasteiger partial charge < -0.3 is 9.47 Å². The smallest absolute Gasteiger partial charge is 0.338 e. The minimum absolute atomic E-state index is 0.0119. The lowest BCUT2D eigenvalue weighted by atomic mass is 10.2. The van der Waals surface area contributed by atoms with Gasteiger partial charge in [0.25, 0.3) is 0 Å². The first-order valence-corrected chi connectivity index (χ1v) is 7.74. The Labute approximate surface area is 140 Å². The molecular weight excluding hydrogens is 332 g/mol. The van der Waals surface area contributed by atoms with E-state index in [2.05, 4.69) is 4.98 Å². The summed E-state index contributed by atoms with van der Waals surface area (Å²) in [7, 11) is 1.33. The molecule has 0 atom stereocenters. The summed E-state index contributed by atoms with van der Waals surface area (Å²) >= 11 is 1.43. The van der Waals surface area contributed by atoms with Gasteiger partial charge in [0, 0.05) is 6.07 Å². The Morgan fingerprint density at radius 2 is 2.08 bits per heavy atom. The second kappa shape index (κ2) is 6.63. The number of thiazole rings is 1. The number of nitrogens with zero attached hydrogens (tertiary/aromatic N) is 2. The van der Waals surface area contributed by atoms with Gasteiger partial charge in [0.15, 0.2) is 5.75 Å². The van der Waals surface area contributed by atoms with Crippen LogP contribution in [-0.2, 0) is 11.3 Å². The molecular formula is C16H12N2O5S. The zero-order chi connectivity index (χ0) is 17.1. The summed E-state index contributed by atoms with van der Waals surface area (Å²) in [5, 5.41) is 11.7. The number of aromatic nitrogens is 1. The number of methoxy groups -OCH3 is 1. The molecule has 0 aliphatic rings. The van der Waals surface area contributed by atoms with Crippen LogP contribution in [0.25, 0.3) is 10.2 Å². The van der Waals surface area contributed by atoms with Crippen molar-refractivity contribution >= 4 is 33.2 Å². The van der Waals surface area contributed by atoms with Crippen LogP contribution < -0.4 is 4.74 Å².